The van der Waals surface area contributed by atoms with Gasteiger partial charge >= 0.3 is 0 Å². The third-order valence-corrected chi connectivity index (χ3v) is 3.24. The van der Waals surface area contributed by atoms with Crippen LogP contribution >= 0.6 is 0 Å². The van der Waals surface area contributed by atoms with Crippen molar-refractivity contribution in [3.8, 4) is 0 Å². The lowest BCUT2D eigenvalue weighted by atomic mass is 10.2. The molecule has 0 aromatic rings. The Bertz CT molecular complexity index is 189. The molecule has 0 radical (unpaired) electrons. The quantitative estimate of drug-likeness (QED) is 0.574. The normalized spacial score (nSPS) is 14.8. The molecule has 0 amide bonds. The Morgan fingerprint density at radius 1 is 1.36 bits per heavy atom. The van der Waals surface area contributed by atoms with Gasteiger partial charge in [0.15, 0.2) is 9.84 Å². The molecule has 1 atom stereocenters. The molecule has 0 aliphatic carbocycles. The Kier molecular flexibility index (Phi) is 4.63. The Morgan fingerprint density at radius 2 is 1.91 bits per heavy atom. The zero-order valence-corrected chi connectivity index (χ0v) is 7.60. The topological polar surface area (TPSA) is 86.2 Å². The van der Waals surface area contributed by atoms with Crippen molar-refractivity contribution in [2.45, 2.75) is 18.1 Å². The second kappa shape index (κ2) is 4.69. The van der Waals surface area contributed by atoms with Gasteiger partial charge in [0.05, 0.1) is 5.25 Å². The molecular weight excluding hydrogens is 164 g/mol. The predicted octanol–water partition coefficient (Wildman–Crippen LogP) is -0.903. The molecule has 0 spiro atoms. The Morgan fingerprint density at radius 3 is 2.18 bits per heavy atom. The van der Waals surface area contributed by atoms with Crippen LogP contribution < -0.4 is 11.5 Å². The molecule has 11 heavy (non-hydrogen) atoms. The number of hydrogen-bond acceptors (Lipinski definition) is 4. The molecule has 0 saturated heterocycles. The summed E-state index contributed by atoms with van der Waals surface area (Å²) in [6, 6.07) is 0. The van der Waals surface area contributed by atoms with Gasteiger partial charge in [0, 0.05) is 12.8 Å². The van der Waals surface area contributed by atoms with E-state index in [0.717, 1.165) is 6.42 Å². The van der Waals surface area contributed by atoms with Gasteiger partial charge in [-0.15, -0.1) is 0 Å². The highest BCUT2D eigenvalue weighted by Gasteiger charge is 2.17. The van der Waals surface area contributed by atoms with Gasteiger partial charge in [-0.2, -0.15) is 0 Å². The molecule has 68 valence electrons. The molecule has 4 nitrogen and oxygen atoms in total. The van der Waals surface area contributed by atoms with Crippen molar-refractivity contribution in [2.75, 3.05) is 19.3 Å². The van der Waals surface area contributed by atoms with Crippen LogP contribution in [0.5, 0.6) is 0 Å². The molecule has 0 rings (SSSR count). The highest BCUT2D eigenvalue weighted by atomic mass is 32.2. The molecule has 0 aliphatic heterocycles. The van der Waals surface area contributed by atoms with Crippen molar-refractivity contribution in [1.29, 1.82) is 0 Å². The Hall–Kier alpha value is -0.130. The molecule has 4 N–H and O–H groups in total. The van der Waals surface area contributed by atoms with E-state index < -0.39 is 15.1 Å². The SMILES string of the molecule is CS(=O)(=O)C(CN)CCCN. The minimum Gasteiger partial charge on any atom is -0.330 e. The van der Waals surface area contributed by atoms with Gasteiger partial charge < -0.3 is 11.5 Å². The monoisotopic (exact) mass is 180 g/mol. The van der Waals surface area contributed by atoms with Gasteiger partial charge in [0.2, 0.25) is 0 Å². The molecule has 0 aromatic carbocycles. The van der Waals surface area contributed by atoms with E-state index in [4.69, 9.17) is 11.5 Å². The first-order chi connectivity index (χ1) is 5.02. The maximum Gasteiger partial charge on any atom is 0.151 e. The zero-order valence-electron chi connectivity index (χ0n) is 6.79. The van der Waals surface area contributed by atoms with E-state index in [1.165, 1.54) is 6.26 Å². The minimum absolute atomic E-state index is 0.193. The van der Waals surface area contributed by atoms with E-state index in [1.54, 1.807) is 0 Å². The van der Waals surface area contributed by atoms with E-state index in [9.17, 15) is 8.42 Å². The summed E-state index contributed by atoms with van der Waals surface area (Å²) in [6.07, 6.45) is 2.50. The van der Waals surface area contributed by atoms with Gasteiger partial charge in [-0.3, -0.25) is 0 Å². The number of sulfone groups is 1. The number of rotatable bonds is 5. The van der Waals surface area contributed by atoms with E-state index in [-0.39, 0.29) is 6.54 Å². The fraction of sp³-hybridized carbons (Fsp3) is 1.00. The first-order valence-electron chi connectivity index (χ1n) is 3.61. The average molecular weight is 180 g/mol. The predicted molar refractivity (Wildman–Crippen MR) is 46.0 cm³/mol. The summed E-state index contributed by atoms with van der Waals surface area (Å²) in [5, 5.41) is -0.411. The Labute approximate surface area is 67.9 Å². The van der Waals surface area contributed by atoms with Crippen LogP contribution in [0.4, 0.5) is 0 Å². The van der Waals surface area contributed by atoms with Crippen molar-refractivity contribution in [1.82, 2.24) is 0 Å². The lowest BCUT2D eigenvalue weighted by molar-refractivity contribution is 0.573. The lowest BCUT2D eigenvalue weighted by Gasteiger charge is -2.10. The molecule has 0 heterocycles. The fourth-order valence-electron chi connectivity index (χ4n) is 0.852. The molecule has 0 fully saturated rings. The third kappa shape index (κ3) is 4.34. The first-order valence-corrected chi connectivity index (χ1v) is 5.56. The number of nitrogens with two attached hydrogens (primary N) is 2. The largest absolute Gasteiger partial charge is 0.330 e. The van der Waals surface area contributed by atoms with Crippen LogP contribution in [0, 0.1) is 0 Å². The summed E-state index contributed by atoms with van der Waals surface area (Å²) >= 11 is 0. The molecule has 0 bridgehead atoms. The van der Waals surface area contributed by atoms with E-state index in [2.05, 4.69) is 0 Å². The molecular formula is C6H16N2O2S. The van der Waals surface area contributed by atoms with Crippen LogP contribution in [0.2, 0.25) is 0 Å². The van der Waals surface area contributed by atoms with Crippen LogP contribution in [0.25, 0.3) is 0 Å². The summed E-state index contributed by atoms with van der Waals surface area (Å²) in [7, 11) is -2.97. The Balaban J connectivity index is 3.97. The van der Waals surface area contributed by atoms with Crippen LogP contribution in [-0.4, -0.2) is 33.0 Å². The van der Waals surface area contributed by atoms with Crippen molar-refractivity contribution >= 4 is 9.84 Å². The van der Waals surface area contributed by atoms with Crippen LogP contribution in [0.1, 0.15) is 12.8 Å². The van der Waals surface area contributed by atoms with E-state index in [0.29, 0.717) is 13.0 Å². The molecule has 0 aliphatic rings. The molecule has 5 heteroatoms. The molecule has 0 saturated carbocycles. The maximum atomic E-state index is 10.9. The van der Waals surface area contributed by atoms with Crippen molar-refractivity contribution in [3.05, 3.63) is 0 Å². The minimum atomic E-state index is -2.97. The highest BCUT2D eigenvalue weighted by Crippen LogP contribution is 2.04. The second-order valence-corrected chi connectivity index (χ2v) is 4.94. The van der Waals surface area contributed by atoms with Crippen molar-refractivity contribution in [3.63, 3.8) is 0 Å². The van der Waals surface area contributed by atoms with E-state index in [1.807, 2.05) is 0 Å². The third-order valence-electron chi connectivity index (χ3n) is 1.60. The van der Waals surface area contributed by atoms with Crippen LogP contribution in [-0.2, 0) is 9.84 Å². The van der Waals surface area contributed by atoms with E-state index >= 15 is 0 Å². The highest BCUT2D eigenvalue weighted by molar-refractivity contribution is 7.91. The van der Waals surface area contributed by atoms with Crippen LogP contribution in [0.15, 0.2) is 0 Å². The first kappa shape index (κ1) is 10.9. The second-order valence-electron chi connectivity index (χ2n) is 2.62. The van der Waals surface area contributed by atoms with Crippen molar-refractivity contribution in [2.24, 2.45) is 11.5 Å². The van der Waals surface area contributed by atoms with Crippen LogP contribution in [0.3, 0.4) is 0 Å². The van der Waals surface area contributed by atoms with Gasteiger partial charge in [0.1, 0.15) is 0 Å². The summed E-state index contributed by atoms with van der Waals surface area (Å²) < 4.78 is 21.9. The molecule has 1 unspecified atom stereocenters. The van der Waals surface area contributed by atoms with Gasteiger partial charge in [-0.05, 0) is 19.4 Å². The van der Waals surface area contributed by atoms with Gasteiger partial charge in [-0.1, -0.05) is 0 Å². The fourth-order valence-corrected chi connectivity index (χ4v) is 1.80. The number of hydrogen-bond donors (Lipinski definition) is 2. The average Bonchev–Trinajstić information content (AvgIpc) is 1.87. The summed E-state index contributed by atoms with van der Waals surface area (Å²) in [4.78, 5) is 0. The smallest absolute Gasteiger partial charge is 0.151 e. The van der Waals surface area contributed by atoms with Gasteiger partial charge in [-0.25, -0.2) is 8.42 Å². The van der Waals surface area contributed by atoms with Gasteiger partial charge in [0.25, 0.3) is 0 Å². The molecule has 0 aromatic heterocycles. The standard InChI is InChI=1S/C6H16N2O2S/c1-11(9,10)6(5-8)3-2-4-7/h6H,2-5,7-8H2,1H3. The zero-order chi connectivity index (χ0) is 8.91. The summed E-state index contributed by atoms with van der Waals surface area (Å²) in [6.45, 7) is 0.713. The maximum absolute atomic E-state index is 10.9. The summed E-state index contributed by atoms with van der Waals surface area (Å²) in [5.74, 6) is 0. The van der Waals surface area contributed by atoms with Crippen molar-refractivity contribution < 1.29 is 8.42 Å². The summed E-state index contributed by atoms with van der Waals surface area (Å²) in [5.41, 5.74) is 10.5. The lowest BCUT2D eigenvalue weighted by Crippen LogP contribution is -2.29.